The van der Waals surface area contributed by atoms with Gasteiger partial charge in [0.25, 0.3) is 0 Å². The van der Waals surface area contributed by atoms with E-state index < -0.39 is 0 Å². The van der Waals surface area contributed by atoms with Gasteiger partial charge >= 0.3 is 5.97 Å². The lowest BCUT2D eigenvalue weighted by molar-refractivity contribution is -0.134. The highest BCUT2D eigenvalue weighted by atomic mass is 16.5. The molecule has 0 N–H and O–H groups in total. The molecular weight excluding hydrogens is 140 g/mol. The second-order valence-corrected chi connectivity index (χ2v) is 2.51. The molecule has 0 aliphatic carbocycles. The fourth-order valence-electron chi connectivity index (χ4n) is 0.489. The number of carbonyl (C=O) groups excluding carboxylic acids is 1. The van der Waals surface area contributed by atoms with Gasteiger partial charge in [0.2, 0.25) is 0 Å². The molecule has 2 heteroatoms. The number of allylic oxidation sites excluding steroid dienone is 3. The number of methoxy groups -OCH3 is 1. The third-order valence-corrected chi connectivity index (χ3v) is 1.04. The SMILES string of the molecule is COC(=O)/C=C/C=C\C(C)C. The molecule has 0 bridgehead atoms. The Labute approximate surface area is 67.6 Å². The topological polar surface area (TPSA) is 26.3 Å². The van der Waals surface area contributed by atoms with E-state index >= 15 is 0 Å². The zero-order chi connectivity index (χ0) is 8.69. The third-order valence-electron chi connectivity index (χ3n) is 1.04. The molecule has 0 aromatic carbocycles. The molecule has 0 aliphatic heterocycles. The van der Waals surface area contributed by atoms with Crippen LogP contribution in [-0.4, -0.2) is 13.1 Å². The van der Waals surface area contributed by atoms with E-state index in [0.717, 1.165) is 0 Å². The Kier molecular flexibility index (Phi) is 5.17. The van der Waals surface area contributed by atoms with Crippen LogP contribution >= 0.6 is 0 Å². The second-order valence-electron chi connectivity index (χ2n) is 2.51. The Morgan fingerprint density at radius 3 is 2.45 bits per heavy atom. The van der Waals surface area contributed by atoms with Crippen LogP contribution in [0, 0.1) is 5.92 Å². The highest BCUT2D eigenvalue weighted by Gasteiger charge is 1.86. The van der Waals surface area contributed by atoms with Crippen LogP contribution in [0.25, 0.3) is 0 Å². The van der Waals surface area contributed by atoms with Crippen LogP contribution in [0.15, 0.2) is 24.3 Å². The molecule has 0 saturated carbocycles. The van der Waals surface area contributed by atoms with Gasteiger partial charge in [0.15, 0.2) is 0 Å². The molecule has 0 unspecified atom stereocenters. The summed E-state index contributed by atoms with van der Waals surface area (Å²) in [6.45, 7) is 4.14. The summed E-state index contributed by atoms with van der Waals surface area (Å²) in [5.41, 5.74) is 0. The minimum absolute atomic E-state index is 0.321. The van der Waals surface area contributed by atoms with Crippen LogP contribution in [0.1, 0.15) is 13.8 Å². The first-order chi connectivity index (χ1) is 5.16. The third kappa shape index (κ3) is 6.84. The number of rotatable bonds is 3. The molecule has 0 radical (unpaired) electrons. The van der Waals surface area contributed by atoms with Crippen molar-refractivity contribution in [3.63, 3.8) is 0 Å². The van der Waals surface area contributed by atoms with Gasteiger partial charge in [-0.25, -0.2) is 4.79 Å². The van der Waals surface area contributed by atoms with Gasteiger partial charge in [0, 0.05) is 6.08 Å². The van der Waals surface area contributed by atoms with E-state index in [1.165, 1.54) is 13.2 Å². The summed E-state index contributed by atoms with van der Waals surface area (Å²) < 4.78 is 4.40. The summed E-state index contributed by atoms with van der Waals surface area (Å²) in [5, 5.41) is 0. The van der Waals surface area contributed by atoms with Crippen LogP contribution in [0.4, 0.5) is 0 Å². The highest BCUT2D eigenvalue weighted by molar-refractivity contribution is 5.82. The van der Waals surface area contributed by atoms with Crippen molar-refractivity contribution in [3.8, 4) is 0 Å². The maximum atomic E-state index is 10.5. The summed E-state index contributed by atoms with van der Waals surface area (Å²) in [5.74, 6) is 0.190. The zero-order valence-electron chi connectivity index (χ0n) is 7.20. The first kappa shape index (κ1) is 9.95. The highest BCUT2D eigenvalue weighted by Crippen LogP contribution is 1.93. The smallest absolute Gasteiger partial charge is 0.330 e. The Bertz CT molecular complexity index is 166. The Morgan fingerprint density at radius 1 is 1.36 bits per heavy atom. The zero-order valence-corrected chi connectivity index (χ0v) is 7.20. The van der Waals surface area contributed by atoms with E-state index in [2.05, 4.69) is 18.6 Å². The molecule has 0 atom stereocenters. The van der Waals surface area contributed by atoms with E-state index in [9.17, 15) is 4.79 Å². The second kappa shape index (κ2) is 5.71. The summed E-state index contributed by atoms with van der Waals surface area (Å²) >= 11 is 0. The molecular formula is C9H14O2. The van der Waals surface area contributed by atoms with Crippen molar-refractivity contribution < 1.29 is 9.53 Å². The molecule has 2 nitrogen and oxygen atoms in total. The van der Waals surface area contributed by atoms with Gasteiger partial charge in [-0.15, -0.1) is 0 Å². The number of hydrogen-bond donors (Lipinski definition) is 0. The summed E-state index contributed by atoms with van der Waals surface area (Å²) in [4.78, 5) is 10.5. The molecule has 0 rings (SSSR count). The average Bonchev–Trinajstić information content (AvgIpc) is 1.97. The summed E-state index contributed by atoms with van der Waals surface area (Å²) in [7, 11) is 1.36. The average molecular weight is 154 g/mol. The van der Waals surface area contributed by atoms with Crippen molar-refractivity contribution in [2.75, 3.05) is 7.11 Å². The van der Waals surface area contributed by atoms with Crippen molar-refractivity contribution in [1.82, 2.24) is 0 Å². The molecule has 0 spiro atoms. The Balaban J connectivity index is 3.68. The molecule has 0 amide bonds. The number of carbonyl (C=O) groups is 1. The van der Waals surface area contributed by atoms with Crippen LogP contribution in [0.2, 0.25) is 0 Å². The van der Waals surface area contributed by atoms with Gasteiger partial charge in [-0.3, -0.25) is 0 Å². The van der Waals surface area contributed by atoms with Crippen molar-refractivity contribution in [2.45, 2.75) is 13.8 Å². The number of ether oxygens (including phenoxy) is 1. The molecule has 0 saturated heterocycles. The van der Waals surface area contributed by atoms with Crippen LogP contribution in [0.3, 0.4) is 0 Å². The van der Waals surface area contributed by atoms with Crippen LogP contribution < -0.4 is 0 Å². The van der Waals surface area contributed by atoms with E-state index in [4.69, 9.17) is 0 Å². The first-order valence-electron chi connectivity index (χ1n) is 3.59. The fraction of sp³-hybridized carbons (Fsp3) is 0.444. The minimum Gasteiger partial charge on any atom is -0.466 e. The quantitative estimate of drug-likeness (QED) is 0.352. The predicted octanol–water partition coefficient (Wildman–Crippen LogP) is 1.93. The van der Waals surface area contributed by atoms with Crippen molar-refractivity contribution in [1.29, 1.82) is 0 Å². The normalized spacial score (nSPS) is 11.6. The molecule has 0 aromatic rings. The standard InChI is InChI=1S/C9H14O2/c1-8(2)6-4-5-7-9(10)11-3/h4-8H,1-3H3/b6-4-,7-5+. The lowest BCUT2D eigenvalue weighted by Crippen LogP contribution is -1.92. The summed E-state index contributed by atoms with van der Waals surface area (Å²) in [6, 6.07) is 0. The van der Waals surface area contributed by atoms with E-state index in [1.54, 1.807) is 6.08 Å². The maximum absolute atomic E-state index is 10.5. The van der Waals surface area contributed by atoms with Crippen LogP contribution in [-0.2, 0) is 9.53 Å². The van der Waals surface area contributed by atoms with E-state index in [0.29, 0.717) is 5.92 Å². The van der Waals surface area contributed by atoms with Gasteiger partial charge in [-0.05, 0) is 5.92 Å². The molecule has 0 aromatic heterocycles. The summed E-state index contributed by atoms with van der Waals surface area (Å²) in [6.07, 6.45) is 6.89. The Morgan fingerprint density at radius 2 is 2.00 bits per heavy atom. The maximum Gasteiger partial charge on any atom is 0.330 e. The van der Waals surface area contributed by atoms with Gasteiger partial charge in [0.1, 0.15) is 0 Å². The molecule has 11 heavy (non-hydrogen) atoms. The van der Waals surface area contributed by atoms with Gasteiger partial charge in [-0.2, -0.15) is 0 Å². The van der Waals surface area contributed by atoms with Crippen molar-refractivity contribution in [3.05, 3.63) is 24.3 Å². The van der Waals surface area contributed by atoms with Crippen LogP contribution in [0.5, 0.6) is 0 Å². The molecule has 0 fully saturated rings. The lowest BCUT2D eigenvalue weighted by Gasteiger charge is -1.89. The fourth-order valence-corrected chi connectivity index (χ4v) is 0.489. The van der Waals surface area contributed by atoms with Gasteiger partial charge in [0.05, 0.1) is 7.11 Å². The molecule has 0 aliphatic rings. The minimum atomic E-state index is -0.321. The van der Waals surface area contributed by atoms with E-state index in [-0.39, 0.29) is 5.97 Å². The first-order valence-corrected chi connectivity index (χ1v) is 3.59. The molecule has 0 heterocycles. The number of esters is 1. The monoisotopic (exact) mass is 154 g/mol. The Hall–Kier alpha value is -1.05. The number of hydrogen-bond acceptors (Lipinski definition) is 2. The van der Waals surface area contributed by atoms with Gasteiger partial charge < -0.3 is 4.74 Å². The van der Waals surface area contributed by atoms with Crippen molar-refractivity contribution in [2.24, 2.45) is 5.92 Å². The van der Waals surface area contributed by atoms with E-state index in [1.807, 2.05) is 12.2 Å². The predicted molar refractivity (Wildman–Crippen MR) is 45.1 cm³/mol. The van der Waals surface area contributed by atoms with Gasteiger partial charge in [-0.1, -0.05) is 32.1 Å². The molecule has 62 valence electrons. The largest absolute Gasteiger partial charge is 0.466 e. The lowest BCUT2D eigenvalue weighted by atomic mass is 10.2. The van der Waals surface area contributed by atoms with Crippen molar-refractivity contribution >= 4 is 5.97 Å².